The van der Waals surface area contributed by atoms with E-state index in [1.807, 2.05) is 26.2 Å². The van der Waals surface area contributed by atoms with Crippen LogP contribution in [-0.4, -0.2) is 20.6 Å². The van der Waals surface area contributed by atoms with E-state index in [2.05, 4.69) is 41.4 Å². The molecule has 0 spiro atoms. The van der Waals surface area contributed by atoms with Crippen LogP contribution < -0.4 is 10.2 Å². The number of nitrogens with zero attached hydrogens (tertiary/aromatic N) is 1. The van der Waals surface area contributed by atoms with E-state index in [1.54, 1.807) is 6.26 Å². The fraction of sp³-hybridized carbons (Fsp3) is 0.333. The zero-order valence-electron chi connectivity index (χ0n) is 11.2. The van der Waals surface area contributed by atoms with Crippen molar-refractivity contribution >= 4 is 5.69 Å². The van der Waals surface area contributed by atoms with Crippen LogP contribution in [0.1, 0.15) is 24.3 Å². The summed E-state index contributed by atoms with van der Waals surface area (Å²) in [6, 6.07) is 12.6. The van der Waals surface area contributed by atoms with Crippen LogP contribution in [0.15, 0.2) is 47.1 Å². The summed E-state index contributed by atoms with van der Waals surface area (Å²) in [5, 5.41) is 3.44. The van der Waals surface area contributed by atoms with Gasteiger partial charge in [-0.25, -0.2) is 0 Å². The molecule has 3 heteroatoms. The quantitative estimate of drug-likeness (QED) is 0.876. The van der Waals surface area contributed by atoms with Gasteiger partial charge in [0.2, 0.25) is 0 Å². The third-order valence-electron chi connectivity index (χ3n) is 2.98. The molecular weight excluding hydrogens is 224 g/mol. The molecule has 2 aromatic rings. The molecule has 0 fully saturated rings. The van der Waals surface area contributed by atoms with Gasteiger partial charge >= 0.3 is 0 Å². The molecule has 0 radical (unpaired) electrons. The zero-order valence-corrected chi connectivity index (χ0v) is 11.2. The summed E-state index contributed by atoms with van der Waals surface area (Å²) in [4.78, 5) is 2.10. The van der Waals surface area contributed by atoms with Gasteiger partial charge in [-0.05, 0) is 36.4 Å². The highest BCUT2D eigenvalue weighted by atomic mass is 16.3. The maximum absolute atomic E-state index is 5.51. The van der Waals surface area contributed by atoms with Crippen molar-refractivity contribution in [1.82, 2.24) is 5.32 Å². The highest BCUT2D eigenvalue weighted by molar-refractivity contribution is 5.47. The van der Waals surface area contributed by atoms with Gasteiger partial charge in [-0.15, -0.1) is 0 Å². The summed E-state index contributed by atoms with van der Waals surface area (Å²) in [6.07, 6.45) is 1.72. The van der Waals surface area contributed by atoms with Crippen molar-refractivity contribution in [2.24, 2.45) is 0 Å². The van der Waals surface area contributed by atoms with Gasteiger partial charge in [-0.2, -0.15) is 0 Å². The molecule has 0 aliphatic carbocycles. The normalized spacial score (nSPS) is 12.4. The first kappa shape index (κ1) is 12.7. The first-order valence-electron chi connectivity index (χ1n) is 6.26. The van der Waals surface area contributed by atoms with E-state index < -0.39 is 0 Å². The molecular formula is C15H20N2O. The van der Waals surface area contributed by atoms with Crippen LogP contribution in [0.2, 0.25) is 0 Å². The highest BCUT2D eigenvalue weighted by Crippen LogP contribution is 2.24. The van der Waals surface area contributed by atoms with Gasteiger partial charge in [-0.1, -0.05) is 19.1 Å². The molecule has 0 saturated carbocycles. The Hall–Kier alpha value is -1.74. The number of rotatable bonds is 5. The summed E-state index contributed by atoms with van der Waals surface area (Å²) in [5.74, 6) is 0.953. The van der Waals surface area contributed by atoms with Gasteiger partial charge in [0.05, 0.1) is 12.3 Å². The van der Waals surface area contributed by atoms with E-state index in [0.29, 0.717) is 0 Å². The Labute approximate surface area is 108 Å². The standard InChI is InChI=1S/C15H20N2O/c1-4-16-15(14-6-5-11-18-14)12-7-9-13(10-8-12)17(2)3/h5-11,15-16H,4H2,1-3H3. The van der Waals surface area contributed by atoms with Crippen molar-refractivity contribution in [3.05, 3.63) is 54.0 Å². The minimum absolute atomic E-state index is 0.126. The van der Waals surface area contributed by atoms with Crippen molar-refractivity contribution in [1.29, 1.82) is 0 Å². The third-order valence-corrected chi connectivity index (χ3v) is 2.98. The number of nitrogens with one attached hydrogen (secondary N) is 1. The van der Waals surface area contributed by atoms with E-state index >= 15 is 0 Å². The second-order valence-electron chi connectivity index (χ2n) is 4.49. The Morgan fingerprint density at radius 1 is 1.17 bits per heavy atom. The largest absolute Gasteiger partial charge is 0.467 e. The van der Waals surface area contributed by atoms with Crippen LogP contribution in [0, 0.1) is 0 Å². The first-order chi connectivity index (χ1) is 8.72. The molecule has 1 aromatic carbocycles. The van der Waals surface area contributed by atoms with Crippen molar-refractivity contribution < 1.29 is 4.42 Å². The first-order valence-corrected chi connectivity index (χ1v) is 6.26. The highest BCUT2D eigenvalue weighted by Gasteiger charge is 2.15. The Bertz CT molecular complexity index is 460. The fourth-order valence-corrected chi connectivity index (χ4v) is 2.01. The van der Waals surface area contributed by atoms with Crippen molar-refractivity contribution in [2.75, 3.05) is 25.5 Å². The minimum Gasteiger partial charge on any atom is -0.467 e. The summed E-state index contributed by atoms with van der Waals surface area (Å²) in [6.45, 7) is 3.00. The van der Waals surface area contributed by atoms with E-state index in [-0.39, 0.29) is 6.04 Å². The number of benzene rings is 1. The SMILES string of the molecule is CCNC(c1ccc(N(C)C)cc1)c1ccco1. The maximum atomic E-state index is 5.51. The number of hydrogen-bond donors (Lipinski definition) is 1. The average molecular weight is 244 g/mol. The number of anilines is 1. The molecule has 1 N–H and O–H groups in total. The predicted octanol–water partition coefficient (Wildman–Crippen LogP) is 3.04. The third kappa shape index (κ3) is 2.74. The molecule has 1 heterocycles. The van der Waals surface area contributed by atoms with Crippen LogP contribution >= 0.6 is 0 Å². The van der Waals surface area contributed by atoms with Gasteiger partial charge in [0.25, 0.3) is 0 Å². The molecule has 0 aliphatic heterocycles. The lowest BCUT2D eigenvalue weighted by Crippen LogP contribution is -2.21. The Kier molecular flexibility index (Phi) is 4.05. The molecule has 0 amide bonds. The molecule has 1 atom stereocenters. The smallest absolute Gasteiger partial charge is 0.125 e. The lowest BCUT2D eigenvalue weighted by molar-refractivity contribution is 0.452. The van der Waals surface area contributed by atoms with E-state index in [0.717, 1.165) is 12.3 Å². The molecule has 1 aromatic heterocycles. The Morgan fingerprint density at radius 3 is 2.39 bits per heavy atom. The van der Waals surface area contributed by atoms with Crippen LogP contribution in [0.25, 0.3) is 0 Å². The second-order valence-corrected chi connectivity index (χ2v) is 4.49. The zero-order chi connectivity index (χ0) is 13.0. The minimum atomic E-state index is 0.126. The summed E-state index contributed by atoms with van der Waals surface area (Å²) < 4.78 is 5.51. The van der Waals surface area contributed by atoms with Gasteiger partial charge < -0.3 is 14.6 Å². The molecule has 18 heavy (non-hydrogen) atoms. The van der Waals surface area contributed by atoms with Crippen molar-refractivity contribution in [2.45, 2.75) is 13.0 Å². The molecule has 2 rings (SSSR count). The Morgan fingerprint density at radius 2 is 1.89 bits per heavy atom. The van der Waals surface area contributed by atoms with E-state index in [1.165, 1.54) is 11.3 Å². The van der Waals surface area contributed by atoms with Crippen LogP contribution in [0.4, 0.5) is 5.69 Å². The van der Waals surface area contributed by atoms with Crippen molar-refractivity contribution in [3.8, 4) is 0 Å². The van der Waals surface area contributed by atoms with Gasteiger partial charge in [0.1, 0.15) is 5.76 Å². The van der Waals surface area contributed by atoms with Gasteiger partial charge in [0.15, 0.2) is 0 Å². The molecule has 0 bridgehead atoms. The monoisotopic (exact) mass is 244 g/mol. The summed E-state index contributed by atoms with van der Waals surface area (Å²) >= 11 is 0. The molecule has 3 nitrogen and oxygen atoms in total. The predicted molar refractivity (Wildman–Crippen MR) is 75.0 cm³/mol. The lowest BCUT2D eigenvalue weighted by Gasteiger charge is -2.18. The number of furan rings is 1. The molecule has 1 unspecified atom stereocenters. The Balaban J connectivity index is 2.26. The van der Waals surface area contributed by atoms with Crippen LogP contribution in [0.5, 0.6) is 0 Å². The van der Waals surface area contributed by atoms with Gasteiger partial charge in [0, 0.05) is 19.8 Å². The summed E-state index contributed by atoms with van der Waals surface area (Å²) in [5.41, 5.74) is 2.42. The van der Waals surface area contributed by atoms with Crippen LogP contribution in [-0.2, 0) is 0 Å². The fourth-order valence-electron chi connectivity index (χ4n) is 2.01. The molecule has 0 aliphatic rings. The average Bonchev–Trinajstić information content (AvgIpc) is 2.90. The molecule has 0 saturated heterocycles. The summed E-state index contributed by atoms with van der Waals surface area (Å²) in [7, 11) is 4.09. The second kappa shape index (κ2) is 5.74. The topological polar surface area (TPSA) is 28.4 Å². The van der Waals surface area contributed by atoms with Crippen molar-refractivity contribution in [3.63, 3.8) is 0 Å². The lowest BCUT2D eigenvalue weighted by atomic mass is 10.0. The van der Waals surface area contributed by atoms with E-state index in [4.69, 9.17) is 4.42 Å². The van der Waals surface area contributed by atoms with Crippen LogP contribution in [0.3, 0.4) is 0 Å². The number of hydrogen-bond acceptors (Lipinski definition) is 3. The van der Waals surface area contributed by atoms with E-state index in [9.17, 15) is 0 Å². The maximum Gasteiger partial charge on any atom is 0.125 e. The van der Waals surface area contributed by atoms with Gasteiger partial charge in [-0.3, -0.25) is 0 Å². The molecule has 96 valence electrons.